The molecule has 0 spiro atoms. The van der Waals surface area contributed by atoms with Gasteiger partial charge in [0.1, 0.15) is 0 Å². The first-order valence-corrected chi connectivity index (χ1v) is 15.2. The van der Waals surface area contributed by atoms with Gasteiger partial charge in [-0.05, 0) is 67.4 Å². The summed E-state index contributed by atoms with van der Waals surface area (Å²) in [6, 6.07) is 26.0. The van der Waals surface area contributed by atoms with E-state index in [0.717, 1.165) is 17.5 Å². The quantitative estimate of drug-likeness (QED) is 0.334. The third-order valence-electron chi connectivity index (χ3n) is 6.96. The van der Waals surface area contributed by atoms with Crippen molar-refractivity contribution in [2.75, 3.05) is 35.8 Å². The van der Waals surface area contributed by atoms with Crippen LogP contribution in [-0.2, 0) is 10.0 Å². The van der Waals surface area contributed by atoms with E-state index in [1.54, 1.807) is 25.1 Å². The normalized spacial score (nSPS) is 13.3. The van der Waals surface area contributed by atoms with Crippen molar-refractivity contribution in [3.05, 3.63) is 123 Å². The molecule has 1 aliphatic rings. The molecule has 1 aromatic heterocycles. The van der Waals surface area contributed by atoms with E-state index in [2.05, 4.69) is 14.7 Å². The SMILES string of the molecule is CCN(CCNS(C)(=O)=O)c1ccc(/C=c2/c(C)c3c(n(-c4ccccc4)c2=O)=NN(c2ccccc2)C3=O)cc1. The van der Waals surface area contributed by atoms with Crippen molar-refractivity contribution in [3.63, 3.8) is 0 Å². The fourth-order valence-corrected chi connectivity index (χ4v) is 5.36. The van der Waals surface area contributed by atoms with Crippen LogP contribution in [0.3, 0.4) is 0 Å². The Morgan fingerprint density at radius 1 is 0.902 bits per heavy atom. The first kappa shape index (κ1) is 28.0. The minimum atomic E-state index is -3.26. The molecular formula is C31H31N5O4S. The second-order valence-electron chi connectivity index (χ2n) is 9.75. The first-order chi connectivity index (χ1) is 19.7. The fourth-order valence-electron chi connectivity index (χ4n) is 4.90. The number of hydrogen-bond acceptors (Lipinski definition) is 6. The molecule has 0 radical (unpaired) electrons. The van der Waals surface area contributed by atoms with Crippen LogP contribution in [0.15, 0.2) is 94.8 Å². The monoisotopic (exact) mass is 569 g/mol. The van der Waals surface area contributed by atoms with Gasteiger partial charge in [0.2, 0.25) is 10.0 Å². The number of carbonyl (C=O) groups is 1. The van der Waals surface area contributed by atoms with Crippen LogP contribution in [0.4, 0.5) is 11.4 Å². The summed E-state index contributed by atoms with van der Waals surface area (Å²) in [6.45, 7) is 5.30. The van der Waals surface area contributed by atoms with Crippen molar-refractivity contribution in [2.45, 2.75) is 13.8 Å². The molecule has 10 heteroatoms. The maximum absolute atomic E-state index is 14.0. The van der Waals surface area contributed by atoms with Gasteiger partial charge < -0.3 is 4.90 Å². The number of anilines is 2. The molecule has 0 atom stereocenters. The molecule has 0 unspecified atom stereocenters. The molecule has 2 heterocycles. The number of nitrogens with one attached hydrogen (secondary N) is 1. The van der Waals surface area contributed by atoms with Gasteiger partial charge in [0.25, 0.3) is 11.5 Å². The summed E-state index contributed by atoms with van der Waals surface area (Å²) in [6.07, 6.45) is 2.93. The molecule has 4 aromatic rings. The molecule has 9 nitrogen and oxygen atoms in total. The Hall–Kier alpha value is -4.54. The average Bonchev–Trinajstić information content (AvgIpc) is 3.31. The van der Waals surface area contributed by atoms with Gasteiger partial charge in [-0.2, -0.15) is 5.01 Å². The van der Waals surface area contributed by atoms with Gasteiger partial charge in [-0.1, -0.05) is 48.5 Å². The molecule has 1 aliphatic heterocycles. The van der Waals surface area contributed by atoms with Crippen molar-refractivity contribution >= 4 is 33.4 Å². The van der Waals surface area contributed by atoms with E-state index in [1.807, 2.05) is 79.7 Å². The van der Waals surface area contributed by atoms with E-state index < -0.39 is 10.0 Å². The predicted molar refractivity (Wildman–Crippen MR) is 162 cm³/mol. The topological polar surface area (TPSA) is 104 Å². The van der Waals surface area contributed by atoms with E-state index in [4.69, 9.17) is 0 Å². The van der Waals surface area contributed by atoms with E-state index >= 15 is 0 Å². The number of para-hydroxylation sites is 2. The van der Waals surface area contributed by atoms with Crippen LogP contribution in [-0.4, -0.2) is 44.8 Å². The summed E-state index contributed by atoms with van der Waals surface area (Å²) in [4.78, 5) is 29.7. The van der Waals surface area contributed by atoms with Crippen LogP contribution in [0.2, 0.25) is 0 Å². The van der Waals surface area contributed by atoms with Crippen molar-refractivity contribution in [1.82, 2.24) is 9.29 Å². The third-order valence-corrected chi connectivity index (χ3v) is 7.69. The zero-order valence-electron chi connectivity index (χ0n) is 23.1. The highest BCUT2D eigenvalue weighted by Gasteiger charge is 2.30. The van der Waals surface area contributed by atoms with Gasteiger partial charge in [-0.15, -0.1) is 5.10 Å². The number of fused-ring (bicyclic) bond motifs is 1. The molecular weight excluding hydrogens is 538 g/mol. The van der Waals surface area contributed by atoms with Gasteiger partial charge in [0.05, 0.1) is 23.2 Å². The van der Waals surface area contributed by atoms with Crippen LogP contribution in [0, 0.1) is 6.92 Å². The molecule has 3 aromatic carbocycles. The number of carbonyl (C=O) groups excluding carboxylic acids is 1. The molecule has 210 valence electrons. The Bertz CT molecular complexity index is 1870. The van der Waals surface area contributed by atoms with Gasteiger partial charge in [0, 0.05) is 30.5 Å². The first-order valence-electron chi connectivity index (χ1n) is 13.3. The number of rotatable bonds is 9. The lowest BCUT2D eigenvalue weighted by Gasteiger charge is -2.23. The second-order valence-corrected chi connectivity index (χ2v) is 11.6. The van der Waals surface area contributed by atoms with E-state index in [1.165, 1.54) is 9.58 Å². The number of likely N-dealkylation sites (N-methyl/N-ethyl adjacent to an activating group) is 1. The van der Waals surface area contributed by atoms with Gasteiger partial charge in [0.15, 0.2) is 5.49 Å². The van der Waals surface area contributed by atoms with Gasteiger partial charge in [-0.3, -0.25) is 14.2 Å². The van der Waals surface area contributed by atoms with Crippen molar-refractivity contribution in [3.8, 4) is 5.69 Å². The Labute approximate surface area is 238 Å². The zero-order valence-corrected chi connectivity index (χ0v) is 23.9. The number of sulfonamides is 1. The summed E-state index contributed by atoms with van der Waals surface area (Å²) in [5.74, 6) is -0.292. The van der Waals surface area contributed by atoms with Crippen molar-refractivity contribution in [1.29, 1.82) is 0 Å². The Morgan fingerprint density at radius 2 is 1.51 bits per heavy atom. The zero-order chi connectivity index (χ0) is 29.1. The summed E-state index contributed by atoms with van der Waals surface area (Å²) < 4.78 is 26.8. The van der Waals surface area contributed by atoms with E-state index in [0.29, 0.717) is 52.8 Å². The molecule has 1 N–H and O–H groups in total. The number of pyridine rings is 1. The maximum Gasteiger partial charge on any atom is 0.282 e. The van der Waals surface area contributed by atoms with Crippen LogP contribution in [0.1, 0.15) is 28.4 Å². The lowest BCUT2D eigenvalue weighted by atomic mass is 10.0. The molecule has 1 amide bonds. The molecule has 0 saturated carbocycles. The Kier molecular flexibility index (Phi) is 7.87. The number of benzene rings is 3. The minimum Gasteiger partial charge on any atom is -0.370 e. The van der Waals surface area contributed by atoms with E-state index in [-0.39, 0.29) is 11.5 Å². The fraction of sp³-hybridized carbons (Fsp3) is 0.194. The minimum absolute atomic E-state index is 0.273. The van der Waals surface area contributed by atoms with Crippen LogP contribution in [0.5, 0.6) is 0 Å². The van der Waals surface area contributed by atoms with Crippen LogP contribution in [0.25, 0.3) is 11.8 Å². The highest BCUT2D eigenvalue weighted by molar-refractivity contribution is 7.88. The molecule has 0 saturated heterocycles. The average molecular weight is 570 g/mol. The maximum atomic E-state index is 14.0. The number of amides is 1. The molecule has 0 bridgehead atoms. The molecule has 0 aliphatic carbocycles. The van der Waals surface area contributed by atoms with Gasteiger partial charge >= 0.3 is 0 Å². The smallest absolute Gasteiger partial charge is 0.282 e. The molecule has 5 rings (SSSR count). The van der Waals surface area contributed by atoms with E-state index in [9.17, 15) is 18.0 Å². The highest BCUT2D eigenvalue weighted by Crippen LogP contribution is 2.21. The van der Waals surface area contributed by atoms with Crippen LogP contribution >= 0.6 is 0 Å². The molecule has 41 heavy (non-hydrogen) atoms. The van der Waals surface area contributed by atoms with Crippen molar-refractivity contribution < 1.29 is 13.2 Å². The Balaban J connectivity index is 1.59. The number of aromatic nitrogens is 1. The highest BCUT2D eigenvalue weighted by atomic mass is 32.2. The molecule has 0 fully saturated rings. The lowest BCUT2D eigenvalue weighted by Crippen LogP contribution is -2.45. The number of hydrogen-bond donors (Lipinski definition) is 1. The largest absolute Gasteiger partial charge is 0.370 e. The van der Waals surface area contributed by atoms with Gasteiger partial charge in [-0.25, -0.2) is 13.1 Å². The standard InChI is InChI=1S/C31H31N5O4S/c1-4-34(20-19-32-41(3,39)40)24-17-15-23(16-18-24)21-27-22(2)28-29(35(30(27)37)25-11-7-5-8-12-25)33-36(31(28)38)26-13-9-6-10-14-26/h5-18,21,32H,4,19-20H2,1-3H3/b27-21-. The summed E-state index contributed by atoms with van der Waals surface area (Å²) in [7, 11) is -3.26. The van der Waals surface area contributed by atoms with Crippen LogP contribution < -0.4 is 30.9 Å². The number of nitrogens with zero attached hydrogens (tertiary/aromatic N) is 4. The third kappa shape index (κ3) is 5.84. The summed E-state index contributed by atoms with van der Waals surface area (Å²) >= 11 is 0. The lowest BCUT2D eigenvalue weighted by molar-refractivity contribution is 0.0994. The summed E-state index contributed by atoms with van der Waals surface area (Å²) in [5.41, 5.74) is 3.94. The Morgan fingerprint density at radius 3 is 2.10 bits per heavy atom. The second kappa shape index (κ2) is 11.5. The summed E-state index contributed by atoms with van der Waals surface area (Å²) in [5, 5.41) is 6.36. The van der Waals surface area contributed by atoms with Crippen molar-refractivity contribution in [2.24, 2.45) is 5.10 Å². The predicted octanol–water partition coefficient (Wildman–Crippen LogP) is 2.55.